The van der Waals surface area contributed by atoms with Crippen molar-refractivity contribution >= 4 is 6.72 Å². The molecule has 0 bridgehead atoms. The van der Waals surface area contributed by atoms with Crippen LogP contribution in [0.25, 0.3) is 0 Å². The van der Waals surface area contributed by atoms with Gasteiger partial charge in [-0.2, -0.15) is 0 Å². The van der Waals surface area contributed by atoms with Crippen LogP contribution >= 0.6 is 0 Å². The second-order valence-corrected chi connectivity index (χ2v) is 2.12. The number of nitrogens with zero attached hydrogens (tertiary/aromatic N) is 1. The lowest BCUT2D eigenvalue weighted by atomic mass is 10.1. The van der Waals surface area contributed by atoms with Crippen LogP contribution in [-0.4, -0.2) is 13.3 Å². The normalized spacial score (nSPS) is 9.38. The van der Waals surface area contributed by atoms with Crippen LogP contribution in [0.2, 0.25) is 0 Å². The van der Waals surface area contributed by atoms with Gasteiger partial charge in [0.1, 0.15) is 6.61 Å². The van der Waals surface area contributed by atoms with Gasteiger partial charge in [-0.3, -0.25) is 0 Å². The van der Waals surface area contributed by atoms with E-state index in [-0.39, 0.29) is 0 Å². The minimum Gasteiger partial charge on any atom is -0.396 e. The maximum Gasteiger partial charge on any atom is 0.117 e. The van der Waals surface area contributed by atoms with Crippen LogP contribution in [0.1, 0.15) is 20.3 Å². The zero-order valence-corrected chi connectivity index (χ0v) is 5.42. The third-order valence-corrected chi connectivity index (χ3v) is 0.861. The second kappa shape index (κ2) is 4.62. The second-order valence-electron chi connectivity index (χ2n) is 2.12. The van der Waals surface area contributed by atoms with Crippen molar-refractivity contribution in [2.75, 3.05) is 6.61 Å². The molecule has 2 nitrogen and oxygen atoms in total. The molecular formula is C6H12NO. The molecule has 0 unspecified atom stereocenters. The fourth-order valence-electron chi connectivity index (χ4n) is 0.341. The Labute approximate surface area is 50.5 Å². The lowest BCUT2D eigenvalue weighted by Crippen LogP contribution is -1.93. The molecular weight excluding hydrogens is 102 g/mol. The molecule has 0 atom stereocenters. The largest absolute Gasteiger partial charge is 0.396 e. The molecule has 2 heteroatoms. The third-order valence-electron chi connectivity index (χ3n) is 0.861. The summed E-state index contributed by atoms with van der Waals surface area (Å²) in [5, 5.41) is 3.01. The van der Waals surface area contributed by atoms with Gasteiger partial charge < -0.3 is 4.84 Å². The molecule has 0 heterocycles. The Balaban J connectivity index is 2.81. The summed E-state index contributed by atoms with van der Waals surface area (Å²) in [5.41, 5.74) is 0. The average Bonchev–Trinajstić information content (AvgIpc) is 1.66. The van der Waals surface area contributed by atoms with E-state index in [1.165, 1.54) is 0 Å². The van der Waals surface area contributed by atoms with E-state index in [0.717, 1.165) is 6.42 Å². The Morgan fingerprint density at radius 3 is 2.62 bits per heavy atom. The maximum atomic E-state index is 4.72. The molecule has 0 aromatic rings. The number of hydrogen-bond acceptors (Lipinski definition) is 2. The zero-order chi connectivity index (χ0) is 6.41. The summed E-state index contributed by atoms with van der Waals surface area (Å²) in [5.74, 6) is 0.664. The van der Waals surface area contributed by atoms with Crippen LogP contribution in [0.4, 0.5) is 0 Å². The van der Waals surface area contributed by atoms with Crippen LogP contribution in [0.3, 0.4) is 0 Å². The molecule has 0 spiro atoms. The minimum atomic E-state index is 0.633. The van der Waals surface area contributed by atoms with E-state index in [2.05, 4.69) is 23.8 Å². The van der Waals surface area contributed by atoms with Crippen LogP contribution in [-0.2, 0) is 4.84 Å². The first kappa shape index (κ1) is 7.47. The van der Waals surface area contributed by atoms with Gasteiger partial charge in [0.2, 0.25) is 0 Å². The van der Waals surface area contributed by atoms with Crippen molar-refractivity contribution in [3.63, 3.8) is 0 Å². The van der Waals surface area contributed by atoms with Gasteiger partial charge in [0, 0.05) is 0 Å². The first-order chi connectivity index (χ1) is 3.77. The highest BCUT2D eigenvalue weighted by Crippen LogP contribution is 1.97. The van der Waals surface area contributed by atoms with Gasteiger partial charge in [-0.15, -0.1) is 0 Å². The van der Waals surface area contributed by atoms with Crippen LogP contribution in [0, 0.1) is 5.92 Å². The summed E-state index contributed by atoms with van der Waals surface area (Å²) in [7, 11) is 0. The van der Waals surface area contributed by atoms with Crippen molar-refractivity contribution in [3.05, 3.63) is 0 Å². The van der Waals surface area contributed by atoms with E-state index < -0.39 is 0 Å². The highest BCUT2D eigenvalue weighted by molar-refractivity contribution is 5.21. The molecule has 0 saturated heterocycles. The topological polar surface area (TPSA) is 21.6 Å². The molecule has 1 radical (unpaired) electrons. The van der Waals surface area contributed by atoms with Gasteiger partial charge in [-0.25, -0.2) is 0 Å². The Morgan fingerprint density at radius 2 is 2.25 bits per heavy atom. The molecule has 0 amide bonds. The van der Waals surface area contributed by atoms with Gasteiger partial charge in [0.25, 0.3) is 0 Å². The van der Waals surface area contributed by atoms with Crippen molar-refractivity contribution in [2.45, 2.75) is 20.3 Å². The predicted octanol–water partition coefficient (Wildman–Crippen LogP) is 1.54. The smallest absolute Gasteiger partial charge is 0.117 e. The Kier molecular flexibility index (Phi) is 4.32. The van der Waals surface area contributed by atoms with E-state index in [1.54, 1.807) is 0 Å². The highest BCUT2D eigenvalue weighted by atomic mass is 16.6. The first-order valence-electron chi connectivity index (χ1n) is 2.79. The molecule has 8 heavy (non-hydrogen) atoms. The van der Waals surface area contributed by atoms with Gasteiger partial charge in [-0.05, 0) is 12.3 Å². The van der Waals surface area contributed by atoms with E-state index >= 15 is 0 Å². The Morgan fingerprint density at radius 1 is 1.62 bits per heavy atom. The highest BCUT2D eigenvalue weighted by Gasteiger charge is 1.90. The van der Waals surface area contributed by atoms with Crippen molar-refractivity contribution in [3.8, 4) is 0 Å². The average molecular weight is 114 g/mol. The monoisotopic (exact) mass is 114 g/mol. The summed E-state index contributed by atoms with van der Waals surface area (Å²) in [4.78, 5) is 4.55. The molecule has 0 aromatic heterocycles. The predicted molar refractivity (Wildman–Crippen MR) is 33.9 cm³/mol. The summed E-state index contributed by atoms with van der Waals surface area (Å²) in [6.07, 6.45) is 1.01. The van der Waals surface area contributed by atoms with Gasteiger partial charge in [0.15, 0.2) is 0 Å². The van der Waals surface area contributed by atoms with Crippen LogP contribution in [0.5, 0.6) is 0 Å². The molecule has 0 aliphatic rings. The Bertz CT molecular complexity index is 61.5. The summed E-state index contributed by atoms with van der Waals surface area (Å²) in [6, 6.07) is 0. The van der Waals surface area contributed by atoms with Crippen LogP contribution in [0.15, 0.2) is 5.16 Å². The maximum absolute atomic E-state index is 4.72. The standard InChI is InChI=1S/C6H12NO/c1-6(2)4-5-8-7-3/h3,6H,4-5H2,1-2H3. The third kappa shape index (κ3) is 5.47. The van der Waals surface area contributed by atoms with E-state index in [4.69, 9.17) is 6.72 Å². The summed E-state index contributed by atoms with van der Waals surface area (Å²) >= 11 is 0. The van der Waals surface area contributed by atoms with Crippen molar-refractivity contribution < 1.29 is 4.84 Å². The van der Waals surface area contributed by atoms with Crippen molar-refractivity contribution in [1.29, 1.82) is 0 Å². The molecule has 0 saturated carbocycles. The molecule has 0 fully saturated rings. The van der Waals surface area contributed by atoms with E-state index in [9.17, 15) is 0 Å². The summed E-state index contributed by atoms with van der Waals surface area (Å²) in [6.45, 7) is 9.60. The van der Waals surface area contributed by atoms with Crippen LogP contribution < -0.4 is 0 Å². The quantitative estimate of drug-likeness (QED) is 0.308. The zero-order valence-electron chi connectivity index (χ0n) is 5.42. The van der Waals surface area contributed by atoms with Gasteiger partial charge >= 0.3 is 0 Å². The van der Waals surface area contributed by atoms with E-state index in [0.29, 0.717) is 12.5 Å². The molecule has 0 aliphatic heterocycles. The molecule has 0 aromatic carbocycles. The lowest BCUT2D eigenvalue weighted by molar-refractivity contribution is 0.135. The van der Waals surface area contributed by atoms with Gasteiger partial charge in [-0.1, -0.05) is 19.0 Å². The molecule has 0 N–H and O–H groups in total. The lowest BCUT2D eigenvalue weighted by Gasteiger charge is -2.00. The van der Waals surface area contributed by atoms with Gasteiger partial charge in [0.05, 0.1) is 6.72 Å². The summed E-state index contributed by atoms with van der Waals surface area (Å²) < 4.78 is 0. The SMILES string of the molecule is [CH]=NOCCC(C)C. The van der Waals surface area contributed by atoms with E-state index in [1.807, 2.05) is 0 Å². The fraction of sp³-hybridized carbons (Fsp3) is 0.833. The first-order valence-corrected chi connectivity index (χ1v) is 2.79. The minimum absolute atomic E-state index is 0.633. The number of rotatable bonds is 4. The van der Waals surface area contributed by atoms with Crippen molar-refractivity contribution in [2.24, 2.45) is 11.1 Å². The molecule has 0 rings (SSSR count). The fourth-order valence-corrected chi connectivity index (χ4v) is 0.341. The van der Waals surface area contributed by atoms with Crippen molar-refractivity contribution in [1.82, 2.24) is 0 Å². The molecule has 47 valence electrons. The Hall–Kier alpha value is -0.530. The number of hydrogen-bond donors (Lipinski definition) is 0. The molecule has 0 aliphatic carbocycles.